The molecule has 0 heterocycles. The Bertz CT molecular complexity index is 1360. The van der Waals surface area contributed by atoms with E-state index >= 15 is 0 Å². The molecule has 0 aliphatic rings. The Kier molecular flexibility index (Phi) is 6.31. The average molecular weight is 440 g/mol. The van der Waals surface area contributed by atoms with Gasteiger partial charge >= 0.3 is 5.97 Å². The average Bonchev–Trinajstić information content (AvgIpc) is 2.84. The number of hydrogen-bond donors (Lipinski definition) is 2. The minimum Gasteiger partial charge on any atom is -0.507 e. The van der Waals surface area contributed by atoms with Crippen molar-refractivity contribution in [3.05, 3.63) is 102 Å². The van der Waals surface area contributed by atoms with Crippen LogP contribution in [0.25, 0.3) is 10.8 Å². The van der Waals surface area contributed by atoms with Crippen molar-refractivity contribution in [3.8, 4) is 17.2 Å². The summed E-state index contributed by atoms with van der Waals surface area (Å²) < 4.78 is 11.0. The molecular weight excluding hydrogens is 420 g/mol. The summed E-state index contributed by atoms with van der Waals surface area (Å²) in [6.45, 7) is 0. The number of methoxy groups -OCH3 is 1. The first kappa shape index (κ1) is 21.6. The fraction of sp³-hybridized carbons (Fsp3) is 0.0385. The molecule has 7 heteroatoms. The van der Waals surface area contributed by atoms with E-state index in [0.29, 0.717) is 16.9 Å². The van der Waals surface area contributed by atoms with E-state index in [9.17, 15) is 14.7 Å². The van der Waals surface area contributed by atoms with E-state index in [1.165, 1.54) is 25.5 Å². The molecule has 4 aromatic rings. The number of para-hydroxylation sites is 1. The number of benzene rings is 4. The first-order valence-corrected chi connectivity index (χ1v) is 10.1. The summed E-state index contributed by atoms with van der Waals surface area (Å²) in [5.74, 6) is -0.590. The van der Waals surface area contributed by atoms with Gasteiger partial charge in [-0.05, 0) is 52.7 Å². The Morgan fingerprint density at radius 2 is 1.61 bits per heavy atom. The number of carbonyl (C=O) groups excluding carboxylic acids is 2. The summed E-state index contributed by atoms with van der Waals surface area (Å²) in [6, 6.07) is 24.1. The van der Waals surface area contributed by atoms with Crippen molar-refractivity contribution in [2.24, 2.45) is 5.10 Å². The molecule has 33 heavy (non-hydrogen) atoms. The monoisotopic (exact) mass is 440 g/mol. The molecule has 0 aliphatic carbocycles. The van der Waals surface area contributed by atoms with Crippen molar-refractivity contribution in [3.63, 3.8) is 0 Å². The minimum atomic E-state index is -0.544. The van der Waals surface area contributed by atoms with E-state index in [2.05, 4.69) is 10.5 Å². The second-order valence-corrected chi connectivity index (χ2v) is 7.04. The molecule has 0 saturated heterocycles. The normalized spacial score (nSPS) is 10.8. The lowest BCUT2D eigenvalue weighted by Crippen LogP contribution is -2.17. The SMILES string of the molecule is COc1cc(C=NNC(=O)c2ccccc2O)ccc1OC(=O)c1cccc2ccccc12. The topological polar surface area (TPSA) is 97.2 Å². The second-order valence-electron chi connectivity index (χ2n) is 7.04. The zero-order chi connectivity index (χ0) is 23.2. The van der Waals surface area contributed by atoms with Gasteiger partial charge < -0.3 is 14.6 Å². The van der Waals surface area contributed by atoms with Crippen molar-refractivity contribution in [2.75, 3.05) is 7.11 Å². The Morgan fingerprint density at radius 3 is 2.42 bits per heavy atom. The summed E-state index contributed by atoms with van der Waals surface area (Å²) in [5, 5.41) is 15.4. The highest BCUT2D eigenvalue weighted by Gasteiger charge is 2.15. The molecule has 164 valence electrons. The second kappa shape index (κ2) is 9.65. The number of nitrogens with zero attached hydrogens (tertiary/aromatic N) is 1. The number of hydrazone groups is 1. The molecule has 0 atom stereocenters. The van der Waals surface area contributed by atoms with E-state index in [1.54, 1.807) is 42.5 Å². The number of hydrogen-bond acceptors (Lipinski definition) is 6. The lowest BCUT2D eigenvalue weighted by molar-refractivity contribution is 0.0731. The van der Waals surface area contributed by atoms with Crippen molar-refractivity contribution in [1.29, 1.82) is 0 Å². The summed E-state index contributed by atoms with van der Waals surface area (Å²) in [6.07, 6.45) is 1.41. The van der Waals surface area contributed by atoms with Crippen LogP contribution in [-0.2, 0) is 0 Å². The van der Waals surface area contributed by atoms with Crippen LogP contribution in [0.1, 0.15) is 26.3 Å². The molecule has 0 bridgehead atoms. The number of phenolic OH excluding ortho intramolecular Hbond substituents is 1. The molecule has 4 rings (SSSR count). The molecule has 1 amide bonds. The van der Waals surface area contributed by atoms with Crippen LogP contribution in [0.3, 0.4) is 0 Å². The number of carbonyl (C=O) groups is 2. The van der Waals surface area contributed by atoms with Gasteiger partial charge in [-0.15, -0.1) is 0 Å². The van der Waals surface area contributed by atoms with Gasteiger partial charge in [0.15, 0.2) is 11.5 Å². The zero-order valence-electron chi connectivity index (χ0n) is 17.7. The number of ether oxygens (including phenoxy) is 2. The van der Waals surface area contributed by atoms with Crippen LogP contribution >= 0.6 is 0 Å². The smallest absolute Gasteiger partial charge is 0.344 e. The molecule has 0 aliphatic heterocycles. The minimum absolute atomic E-state index is 0.114. The molecule has 0 fully saturated rings. The van der Waals surface area contributed by atoms with Crippen molar-refractivity contribution >= 4 is 28.9 Å². The van der Waals surface area contributed by atoms with Crippen molar-refractivity contribution in [1.82, 2.24) is 5.43 Å². The molecule has 0 unspecified atom stereocenters. The number of rotatable bonds is 6. The summed E-state index contributed by atoms with van der Waals surface area (Å²) in [4.78, 5) is 24.9. The fourth-order valence-corrected chi connectivity index (χ4v) is 3.30. The first-order chi connectivity index (χ1) is 16.1. The predicted molar refractivity (Wildman–Crippen MR) is 125 cm³/mol. The lowest BCUT2D eigenvalue weighted by atomic mass is 10.0. The van der Waals surface area contributed by atoms with Crippen molar-refractivity contribution < 1.29 is 24.2 Å². The lowest BCUT2D eigenvalue weighted by Gasteiger charge is -2.11. The Hall–Kier alpha value is -4.65. The molecular formula is C26H20N2O5. The number of phenols is 1. The van der Waals surface area contributed by atoms with Crippen LogP contribution in [0.2, 0.25) is 0 Å². The van der Waals surface area contributed by atoms with E-state index in [0.717, 1.165) is 10.8 Å². The standard InChI is InChI=1S/C26H20N2O5/c1-32-24-15-17(16-27-28-25(30)21-10-4-5-12-22(21)29)13-14-23(24)33-26(31)20-11-6-8-18-7-2-3-9-19(18)20/h2-16,29H,1H3,(H,28,30). The van der Waals surface area contributed by atoms with Gasteiger partial charge in [0, 0.05) is 0 Å². The third-order valence-corrected chi connectivity index (χ3v) is 4.93. The Balaban J connectivity index is 1.49. The maximum absolute atomic E-state index is 12.8. The Labute approximate surface area is 189 Å². The summed E-state index contributed by atoms with van der Waals surface area (Å²) in [5.41, 5.74) is 3.53. The molecule has 2 N–H and O–H groups in total. The number of amides is 1. The van der Waals surface area contributed by atoms with E-state index in [1.807, 2.05) is 30.3 Å². The number of aromatic hydroxyl groups is 1. The quantitative estimate of drug-likeness (QED) is 0.199. The van der Waals surface area contributed by atoms with Gasteiger partial charge in [-0.25, -0.2) is 10.2 Å². The largest absolute Gasteiger partial charge is 0.507 e. The zero-order valence-corrected chi connectivity index (χ0v) is 17.7. The van der Waals surface area contributed by atoms with Crippen LogP contribution in [0.5, 0.6) is 17.2 Å². The van der Waals surface area contributed by atoms with E-state index < -0.39 is 11.9 Å². The van der Waals surface area contributed by atoms with Gasteiger partial charge in [0.2, 0.25) is 0 Å². The number of fused-ring (bicyclic) bond motifs is 1. The molecule has 0 radical (unpaired) electrons. The maximum Gasteiger partial charge on any atom is 0.344 e. The van der Waals surface area contributed by atoms with Crippen molar-refractivity contribution in [2.45, 2.75) is 0 Å². The molecule has 4 aromatic carbocycles. The van der Waals surface area contributed by atoms with Gasteiger partial charge in [0.05, 0.1) is 24.5 Å². The fourth-order valence-electron chi connectivity index (χ4n) is 3.30. The van der Waals surface area contributed by atoms with Gasteiger partial charge in [0.1, 0.15) is 5.75 Å². The van der Waals surface area contributed by atoms with Gasteiger partial charge in [-0.1, -0.05) is 48.5 Å². The highest BCUT2D eigenvalue weighted by molar-refractivity contribution is 6.05. The predicted octanol–water partition coefficient (Wildman–Crippen LogP) is 4.54. The number of esters is 1. The highest BCUT2D eigenvalue weighted by Crippen LogP contribution is 2.29. The Morgan fingerprint density at radius 1 is 0.879 bits per heavy atom. The van der Waals surface area contributed by atoms with Crippen LogP contribution in [0, 0.1) is 0 Å². The van der Waals surface area contributed by atoms with Crippen LogP contribution in [0.15, 0.2) is 90.0 Å². The summed E-state index contributed by atoms with van der Waals surface area (Å²) >= 11 is 0. The third kappa shape index (κ3) is 4.83. The molecule has 7 nitrogen and oxygen atoms in total. The van der Waals surface area contributed by atoms with Gasteiger partial charge in [-0.2, -0.15) is 5.10 Å². The van der Waals surface area contributed by atoms with Crippen LogP contribution in [0.4, 0.5) is 0 Å². The molecule has 0 aromatic heterocycles. The highest BCUT2D eigenvalue weighted by atomic mass is 16.6. The molecule has 0 spiro atoms. The van der Waals surface area contributed by atoms with Gasteiger partial charge in [-0.3, -0.25) is 4.79 Å². The van der Waals surface area contributed by atoms with E-state index in [4.69, 9.17) is 9.47 Å². The van der Waals surface area contributed by atoms with Crippen LogP contribution < -0.4 is 14.9 Å². The summed E-state index contributed by atoms with van der Waals surface area (Å²) in [7, 11) is 1.46. The maximum atomic E-state index is 12.8. The van der Waals surface area contributed by atoms with Crippen LogP contribution in [-0.4, -0.2) is 30.3 Å². The van der Waals surface area contributed by atoms with Gasteiger partial charge in [0.25, 0.3) is 5.91 Å². The van der Waals surface area contributed by atoms with E-state index in [-0.39, 0.29) is 17.1 Å². The molecule has 0 saturated carbocycles. The third-order valence-electron chi connectivity index (χ3n) is 4.93. The number of nitrogens with one attached hydrogen (secondary N) is 1. The first-order valence-electron chi connectivity index (χ1n) is 10.1.